The van der Waals surface area contributed by atoms with Crippen LogP contribution in [0.2, 0.25) is 0 Å². The fraction of sp³-hybridized carbons (Fsp3) is 0.857. The molecule has 2 aliphatic heterocycles. The zero-order chi connectivity index (χ0) is 14.4. The highest BCUT2D eigenvalue weighted by Gasteiger charge is 2.24. The van der Waals surface area contributed by atoms with Crippen LogP contribution in [0.1, 0.15) is 32.1 Å². The molecule has 2 amide bonds. The van der Waals surface area contributed by atoms with Crippen molar-refractivity contribution < 1.29 is 14.3 Å². The molecular formula is C14H25N3O3. The maximum Gasteiger partial charge on any atom is 0.222 e. The Hall–Kier alpha value is -1.14. The van der Waals surface area contributed by atoms with E-state index in [0.29, 0.717) is 32.1 Å². The highest BCUT2D eigenvalue weighted by molar-refractivity contribution is 5.79. The first-order valence-corrected chi connectivity index (χ1v) is 7.51. The van der Waals surface area contributed by atoms with Crippen LogP contribution in [-0.4, -0.2) is 62.1 Å². The number of nitrogens with one attached hydrogen (secondary N) is 2. The van der Waals surface area contributed by atoms with Crippen molar-refractivity contribution >= 4 is 11.8 Å². The SMILES string of the molecule is CN1CC(NC(=O)CCOC2CCNCC2)CCC1=O. The van der Waals surface area contributed by atoms with Gasteiger partial charge in [0.1, 0.15) is 0 Å². The lowest BCUT2D eigenvalue weighted by Gasteiger charge is -2.30. The third kappa shape index (κ3) is 4.76. The van der Waals surface area contributed by atoms with Gasteiger partial charge in [0.2, 0.25) is 11.8 Å². The first-order chi connectivity index (χ1) is 9.65. The molecule has 1 unspecified atom stereocenters. The standard InChI is InChI=1S/C14H25N3O3/c1-17-10-11(2-3-14(17)19)16-13(18)6-9-20-12-4-7-15-8-5-12/h11-12,15H,2-10H2,1H3,(H,16,18). The first kappa shape index (κ1) is 15.3. The van der Waals surface area contributed by atoms with Crippen LogP contribution >= 0.6 is 0 Å². The van der Waals surface area contributed by atoms with Gasteiger partial charge in [0.15, 0.2) is 0 Å². The molecule has 6 heteroatoms. The average molecular weight is 283 g/mol. The number of likely N-dealkylation sites (tertiary alicyclic amines) is 1. The molecule has 2 heterocycles. The van der Waals surface area contributed by atoms with E-state index in [9.17, 15) is 9.59 Å². The highest BCUT2D eigenvalue weighted by Crippen LogP contribution is 2.10. The third-order valence-corrected chi connectivity index (χ3v) is 3.96. The number of piperidine rings is 2. The highest BCUT2D eigenvalue weighted by atomic mass is 16.5. The monoisotopic (exact) mass is 283 g/mol. The molecular weight excluding hydrogens is 258 g/mol. The molecule has 0 aromatic rings. The number of rotatable bonds is 5. The zero-order valence-electron chi connectivity index (χ0n) is 12.2. The topological polar surface area (TPSA) is 70.7 Å². The Balaban J connectivity index is 1.59. The van der Waals surface area contributed by atoms with Gasteiger partial charge in [-0.1, -0.05) is 0 Å². The van der Waals surface area contributed by atoms with Gasteiger partial charge in [-0.25, -0.2) is 0 Å². The molecule has 0 aromatic heterocycles. The molecule has 0 bridgehead atoms. The van der Waals surface area contributed by atoms with Crippen molar-refractivity contribution in [2.75, 3.05) is 33.3 Å². The average Bonchev–Trinajstić information content (AvgIpc) is 2.44. The summed E-state index contributed by atoms with van der Waals surface area (Å²) in [6, 6.07) is 0.0871. The summed E-state index contributed by atoms with van der Waals surface area (Å²) in [6.07, 6.45) is 4.01. The first-order valence-electron chi connectivity index (χ1n) is 7.51. The normalized spacial score (nSPS) is 24.8. The van der Waals surface area contributed by atoms with Gasteiger partial charge in [-0.2, -0.15) is 0 Å². The number of likely N-dealkylation sites (N-methyl/N-ethyl adjacent to an activating group) is 1. The van der Waals surface area contributed by atoms with E-state index >= 15 is 0 Å². The van der Waals surface area contributed by atoms with Gasteiger partial charge in [0, 0.05) is 32.5 Å². The number of hydrogen-bond acceptors (Lipinski definition) is 4. The minimum atomic E-state index is 0.0201. The number of carbonyl (C=O) groups excluding carboxylic acids is 2. The van der Waals surface area contributed by atoms with Gasteiger partial charge in [0.25, 0.3) is 0 Å². The smallest absolute Gasteiger partial charge is 0.222 e. The van der Waals surface area contributed by atoms with Gasteiger partial charge >= 0.3 is 0 Å². The van der Waals surface area contributed by atoms with Crippen LogP contribution in [0, 0.1) is 0 Å². The maximum atomic E-state index is 11.8. The minimum Gasteiger partial charge on any atom is -0.378 e. The lowest BCUT2D eigenvalue weighted by Crippen LogP contribution is -2.48. The van der Waals surface area contributed by atoms with Crippen LogP contribution in [-0.2, 0) is 14.3 Å². The second kappa shape index (κ2) is 7.59. The Bertz CT molecular complexity index is 343. The molecule has 2 fully saturated rings. The van der Waals surface area contributed by atoms with E-state index in [1.165, 1.54) is 0 Å². The van der Waals surface area contributed by atoms with E-state index in [1.807, 2.05) is 0 Å². The molecule has 114 valence electrons. The van der Waals surface area contributed by atoms with E-state index in [1.54, 1.807) is 11.9 Å². The lowest BCUT2D eigenvalue weighted by atomic mass is 10.1. The Morgan fingerprint density at radius 1 is 1.40 bits per heavy atom. The van der Waals surface area contributed by atoms with E-state index in [4.69, 9.17) is 4.74 Å². The van der Waals surface area contributed by atoms with Crippen molar-refractivity contribution in [3.63, 3.8) is 0 Å². The van der Waals surface area contributed by atoms with Crippen LogP contribution in [0.3, 0.4) is 0 Å². The van der Waals surface area contributed by atoms with Crippen LogP contribution < -0.4 is 10.6 Å². The molecule has 0 saturated carbocycles. The zero-order valence-corrected chi connectivity index (χ0v) is 12.2. The van der Waals surface area contributed by atoms with Crippen molar-refractivity contribution in [2.24, 2.45) is 0 Å². The summed E-state index contributed by atoms with van der Waals surface area (Å²) in [5, 5.41) is 6.27. The van der Waals surface area contributed by atoms with Gasteiger partial charge in [-0.15, -0.1) is 0 Å². The minimum absolute atomic E-state index is 0.0201. The number of hydrogen-bond donors (Lipinski definition) is 2. The summed E-state index contributed by atoms with van der Waals surface area (Å²) in [6.45, 7) is 3.09. The molecule has 2 rings (SSSR count). The second-order valence-corrected chi connectivity index (χ2v) is 5.65. The summed E-state index contributed by atoms with van der Waals surface area (Å²) in [5.41, 5.74) is 0. The molecule has 20 heavy (non-hydrogen) atoms. The van der Waals surface area contributed by atoms with Crippen molar-refractivity contribution in [1.82, 2.24) is 15.5 Å². The third-order valence-electron chi connectivity index (χ3n) is 3.96. The van der Waals surface area contributed by atoms with Crippen LogP contribution in [0.15, 0.2) is 0 Å². The van der Waals surface area contributed by atoms with Crippen LogP contribution in [0.4, 0.5) is 0 Å². The summed E-state index contributed by atoms with van der Waals surface area (Å²) in [7, 11) is 1.78. The second-order valence-electron chi connectivity index (χ2n) is 5.65. The fourth-order valence-corrected chi connectivity index (χ4v) is 2.71. The molecule has 0 spiro atoms. The van der Waals surface area contributed by atoms with Crippen molar-refractivity contribution in [1.29, 1.82) is 0 Å². The van der Waals surface area contributed by atoms with E-state index in [-0.39, 0.29) is 17.9 Å². The Morgan fingerprint density at radius 2 is 2.15 bits per heavy atom. The van der Waals surface area contributed by atoms with Gasteiger partial charge in [-0.05, 0) is 32.4 Å². The number of carbonyl (C=O) groups is 2. The van der Waals surface area contributed by atoms with E-state index in [2.05, 4.69) is 10.6 Å². The predicted octanol–water partition coefficient (Wildman–Crippen LogP) is -0.118. The molecule has 0 aromatic carbocycles. The largest absolute Gasteiger partial charge is 0.378 e. The Labute approximate surface area is 120 Å². The molecule has 6 nitrogen and oxygen atoms in total. The van der Waals surface area contributed by atoms with Gasteiger partial charge in [-0.3, -0.25) is 9.59 Å². The molecule has 0 aliphatic carbocycles. The molecule has 2 aliphatic rings. The van der Waals surface area contributed by atoms with Gasteiger partial charge < -0.3 is 20.3 Å². The van der Waals surface area contributed by atoms with Crippen molar-refractivity contribution in [3.8, 4) is 0 Å². The number of ether oxygens (including phenoxy) is 1. The number of amides is 2. The van der Waals surface area contributed by atoms with Gasteiger partial charge in [0.05, 0.1) is 12.7 Å². The summed E-state index contributed by atoms with van der Waals surface area (Å²) >= 11 is 0. The summed E-state index contributed by atoms with van der Waals surface area (Å²) in [5.74, 6) is 0.177. The maximum absolute atomic E-state index is 11.8. The summed E-state index contributed by atoms with van der Waals surface area (Å²) < 4.78 is 5.72. The van der Waals surface area contributed by atoms with Crippen LogP contribution in [0.5, 0.6) is 0 Å². The quantitative estimate of drug-likeness (QED) is 0.738. The van der Waals surface area contributed by atoms with E-state index < -0.39 is 0 Å². The molecule has 2 saturated heterocycles. The summed E-state index contributed by atoms with van der Waals surface area (Å²) in [4.78, 5) is 24.9. The Morgan fingerprint density at radius 3 is 2.85 bits per heavy atom. The Kier molecular flexibility index (Phi) is 5.79. The predicted molar refractivity (Wildman–Crippen MR) is 75.3 cm³/mol. The molecule has 2 N–H and O–H groups in total. The molecule has 0 radical (unpaired) electrons. The van der Waals surface area contributed by atoms with Crippen molar-refractivity contribution in [2.45, 2.75) is 44.2 Å². The van der Waals surface area contributed by atoms with Crippen LogP contribution in [0.25, 0.3) is 0 Å². The molecule has 1 atom stereocenters. The number of nitrogens with zero attached hydrogens (tertiary/aromatic N) is 1. The van der Waals surface area contributed by atoms with Crippen molar-refractivity contribution in [3.05, 3.63) is 0 Å². The fourth-order valence-electron chi connectivity index (χ4n) is 2.71. The van der Waals surface area contributed by atoms with E-state index in [0.717, 1.165) is 32.4 Å². The lowest BCUT2D eigenvalue weighted by molar-refractivity contribution is -0.134.